The van der Waals surface area contributed by atoms with Crippen molar-refractivity contribution in [3.63, 3.8) is 0 Å². The summed E-state index contributed by atoms with van der Waals surface area (Å²) >= 11 is 0. The van der Waals surface area contributed by atoms with Gasteiger partial charge >= 0.3 is 18.0 Å². The standard InChI is InChI=1S/C10H15F7O2/c1-7(19,4-2-3-5-18)6-8(11,12)9(13,14)10(15,16)17/h18-19H,2-6H2,1H3. The van der Waals surface area contributed by atoms with Gasteiger partial charge in [0.05, 0.1) is 5.60 Å². The van der Waals surface area contributed by atoms with Crippen molar-refractivity contribution < 1.29 is 40.9 Å². The second-order valence-corrected chi connectivity index (χ2v) is 4.63. The molecule has 0 rings (SSSR count). The molecule has 0 bridgehead atoms. The van der Waals surface area contributed by atoms with E-state index in [1.807, 2.05) is 0 Å². The highest BCUT2D eigenvalue weighted by molar-refractivity contribution is 4.95. The zero-order chi connectivity index (χ0) is 15.5. The fourth-order valence-corrected chi connectivity index (χ4v) is 1.50. The van der Waals surface area contributed by atoms with E-state index in [1.165, 1.54) is 0 Å². The van der Waals surface area contributed by atoms with E-state index in [0.29, 0.717) is 0 Å². The molecule has 1 unspecified atom stereocenters. The van der Waals surface area contributed by atoms with Gasteiger partial charge in [-0.2, -0.15) is 30.7 Å². The van der Waals surface area contributed by atoms with Gasteiger partial charge in [0.25, 0.3) is 0 Å². The monoisotopic (exact) mass is 300 g/mol. The molecule has 0 heterocycles. The van der Waals surface area contributed by atoms with Crippen molar-refractivity contribution >= 4 is 0 Å². The summed E-state index contributed by atoms with van der Waals surface area (Å²) < 4.78 is 86.8. The average Bonchev–Trinajstić information content (AvgIpc) is 2.13. The Morgan fingerprint density at radius 2 is 1.37 bits per heavy atom. The van der Waals surface area contributed by atoms with Crippen LogP contribution in [0.4, 0.5) is 30.7 Å². The SMILES string of the molecule is CC(O)(CCCCO)CC(F)(F)C(F)(F)C(F)(F)F. The summed E-state index contributed by atoms with van der Waals surface area (Å²) in [6.45, 7) is 0.454. The molecule has 0 saturated carbocycles. The molecule has 0 spiro atoms. The lowest BCUT2D eigenvalue weighted by atomic mass is 9.89. The second-order valence-electron chi connectivity index (χ2n) is 4.63. The zero-order valence-electron chi connectivity index (χ0n) is 10.1. The van der Waals surface area contributed by atoms with Gasteiger partial charge in [0.2, 0.25) is 0 Å². The van der Waals surface area contributed by atoms with Crippen molar-refractivity contribution in [3.8, 4) is 0 Å². The fraction of sp³-hybridized carbons (Fsp3) is 1.00. The molecule has 2 nitrogen and oxygen atoms in total. The van der Waals surface area contributed by atoms with E-state index < -0.39 is 36.5 Å². The van der Waals surface area contributed by atoms with E-state index in [4.69, 9.17) is 5.11 Å². The van der Waals surface area contributed by atoms with Gasteiger partial charge in [0.1, 0.15) is 0 Å². The molecule has 0 aliphatic rings. The predicted molar refractivity (Wildman–Crippen MR) is 52.1 cm³/mol. The van der Waals surface area contributed by atoms with Crippen molar-refractivity contribution in [2.24, 2.45) is 0 Å². The Kier molecular flexibility index (Phi) is 5.65. The number of unbranched alkanes of at least 4 members (excludes halogenated alkanes) is 1. The molecule has 0 aromatic heterocycles. The van der Waals surface area contributed by atoms with Crippen LogP contribution in [0.1, 0.15) is 32.6 Å². The molecular weight excluding hydrogens is 285 g/mol. The first kappa shape index (κ1) is 18.4. The topological polar surface area (TPSA) is 40.5 Å². The largest absolute Gasteiger partial charge is 0.459 e. The first-order valence-corrected chi connectivity index (χ1v) is 5.42. The van der Waals surface area contributed by atoms with Crippen LogP contribution in [0, 0.1) is 0 Å². The Hall–Kier alpha value is -0.570. The molecule has 0 radical (unpaired) electrons. The van der Waals surface area contributed by atoms with Crippen LogP contribution >= 0.6 is 0 Å². The summed E-state index contributed by atoms with van der Waals surface area (Å²) in [6, 6.07) is 0. The molecule has 19 heavy (non-hydrogen) atoms. The maximum Gasteiger partial charge on any atom is 0.459 e. The maximum absolute atomic E-state index is 13.0. The summed E-state index contributed by atoms with van der Waals surface area (Å²) in [4.78, 5) is 0. The Balaban J connectivity index is 4.84. The fourth-order valence-electron chi connectivity index (χ4n) is 1.50. The van der Waals surface area contributed by atoms with Crippen molar-refractivity contribution in [3.05, 3.63) is 0 Å². The highest BCUT2D eigenvalue weighted by Crippen LogP contribution is 2.49. The van der Waals surface area contributed by atoms with E-state index >= 15 is 0 Å². The van der Waals surface area contributed by atoms with Crippen LogP contribution in [0.2, 0.25) is 0 Å². The molecular formula is C10H15F7O2. The van der Waals surface area contributed by atoms with E-state index in [1.54, 1.807) is 0 Å². The molecule has 0 fully saturated rings. The van der Waals surface area contributed by atoms with Crippen LogP contribution in [0.15, 0.2) is 0 Å². The number of alkyl halides is 7. The Bertz CT molecular complexity index is 286. The Labute approximate surface area is 105 Å². The quantitative estimate of drug-likeness (QED) is 0.560. The third-order valence-electron chi connectivity index (χ3n) is 2.54. The maximum atomic E-state index is 13.0. The third-order valence-corrected chi connectivity index (χ3v) is 2.54. The zero-order valence-corrected chi connectivity index (χ0v) is 10.1. The minimum Gasteiger partial charge on any atom is -0.396 e. The molecule has 116 valence electrons. The van der Waals surface area contributed by atoms with Gasteiger partial charge in [-0.25, -0.2) is 0 Å². The van der Waals surface area contributed by atoms with Crippen LogP contribution < -0.4 is 0 Å². The molecule has 0 aliphatic carbocycles. The second kappa shape index (κ2) is 5.82. The van der Waals surface area contributed by atoms with E-state index in [0.717, 1.165) is 6.92 Å². The van der Waals surface area contributed by atoms with Crippen LogP contribution in [-0.2, 0) is 0 Å². The Morgan fingerprint density at radius 3 is 1.74 bits per heavy atom. The van der Waals surface area contributed by atoms with Gasteiger partial charge in [-0.15, -0.1) is 0 Å². The van der Waals surface area contributed by atoms with Crippen molar-refractivity contribution in [2.75, 3.05) is 6.61 Å². The number of hydrogen-bond donors (Lipinski definition) is 2. The number of aliphatic hydroxyl groups is 2. The highest BCUT2D eigenvalue weighted by Gasteiger charge is 2.73. The first-order chi connectivity index (χ1) is 8.27. The van der Waals surface area contributed by atoms with Gasteiger partial charge < -0.3 is 10.2 Å². The summed E-state index contributed by atoms with van der Waals surface area (Å²) in [6.07, 6.45) is -8.68. The number of hydrogen-bond acceptors (Lipinski definition) is 2. The molecule has 0 amide bonds. The lowest BCUT2D eigenvalue weighted by Crippen LogP contribution is -2.54. The minimum atomic E-state index is -6.39. The molecule has 0 saturated heterocycles. The summed E-state index contributed by atoms with van der Waals surface area (Å²) in [7, 11) is 0. The minimum absolute atomic E-state index is 0.0250. The van der Waals surface area contributed by atoms with Crippen molar-refractivity contribution in [1.29, 1.82) is 0 Å². The lowest BCUT2D eigenvalue weighted by Gasteiger charge is -2.33. The van der Waals surface area contributed by atoms with Crippen molar-refractivity contribution in [2.45, 2.75) is 56.2 Å². The lowest BCUT2D eigenvalue weighted by molar-refractivity contribution is -0.361. The van der Waals surface area contributed by atoms with E-state index in [-0.39, 0.29) is 19.4 Å². The summed E-state index contributed by atoms with van der Waals surface area (Å²) in [5.74, 6) is -11.6. The van der Waals surface area contributed by atoms with Gasteiger partial charge in [0, 0.05) is 13.0 Å². The van der Waals surface area contributed by atoms with Gasteiger partial charge in [-0.3, -0.25) is 0 Å². The molecule has 1 atom stereocenters. The van der Waals surface area contributed by atoms with Gasteiger partial charge in [-0.05, 0) is 26.2 Å². The van der Waals surface area contributed by atoms with Crippen LogP contribution in [0.3, 0.4) is 0 Å². The van der Waals surface area contributed by atoms with Gasteiger partial charge in [0.15, 0.2) is 0 Å². The Morgan fingerprint density at radius 1 is 0.895 bits per heavy atom. The predicted octanol–water partition coefficient (Wildman–Crippen LogP) is 3.12. The number of aliphatic hydroxyl groups excluding tert-OH is 1. The normalized spacial score (nSPS) is 17.4. The van der Waals surface area contributed by atoms with Crippen LogP contribution in [0.25, 0.3) is 0 Å². The summed E-state index contributed by atoms with van der Waals surface area (Å²) in [5, 5.41) is 17.9. The molecule has 0 aromatic carbocycles. The average molecular weight is 300 g/mol. The molecule has 0 aromatic rings. The number of halogens is 7. The highest BCUT2D eigenvalue weighted by atomic mass is 19.4. The molecule has 0 aliphatic heterocycles. The van der Waals surface area contributed by atoms with Gasteiger partial charge in [-0.1, -0.05) is 0 Å². The smallest absolute Gasteiger partial charge is 0.396 e. The summed E-state index contributed by atoms with van der Waals surface area (Å²) in [5.41, 5.74) is -2.38. The first-order valence-electron chi connectivity index (χ1n) is 5.42. The van der Waals surface area contributed by atoms with Crippen molar-refractivity contribution in [1.82, 2.24) is 0 Å². The third kappa shape index (κ3) is 4.79. The molecule has 9 heteroatoms. The van der Waals surface area contributed by atoms with Crippen LogP contribution in [0.5, 0.6) is 0 Å². The van der Waals surface area contributed by atoms with Crippen LogP contribution in [-0.4, -0.2) is 40.4 Å². The number of rotatable bonds is 7. The van der Waals surface area contributed by atoms with E-state index in [2.05, 4.69) is 0 Å². The molecule has 2 N–H and O–H groups in total. The van der Waals surface area contributed by atoms with E-state index in [9.17, 15) is 35.8 Å².